The topological polar surface area (TPSA) is 76.6 Å². The van der Waals surface area contributed by atoms with Gasteiger partial charge in [0.15, 0.2) is 6.79 Å². The van der Waals surface area contributed by atoms with Crippen LogP contribution in [0.15, 0.2) is 48.5 Å². The first kappa shape index (κ1) is 35.8. The molecule has 282 valence electrons. The minimum atomic E-state index is -0.852. The molecule has 3 aromatic carbocycles. The van der Waals surface area contributed by atoms with Crippen molar-refractivity contribution in [1.82, 2.24) is 14.8 Å². The highest BCUT2D eigenvalue weighted by atomic mass is 19.1. The Morgan fingerprint density at radius 1 is 1.02 bits per heavy atom. The monoisotopic (exact) mass is 728 g/mol. The Morgan fingerprint density at radius 2 is 1.81 bits per heavy atom. The molecule has 5 heterocycles. The molecule has 9 nitrogen and oxygen atoms in total. The van der Waals surface area contributed by atoms with E-state index in [-0.39, 0.29) is 36.3 Å². The molecule has 11 heteroatoms. The van der Waals surface area contributed by atoms with Gasteiger partial charge in [-0.2, -0.15) is 0 Å². The molecule has 4 saturated heterocycles. The molecule has 0 aliphatic carbocycles. The number of carbonyl (C=O) groups excluding carboxylic acids is 1. The minimum Gasteiger partial charge on any atom is -0.476 e. The number of aryl methyl sites for hydroxylation is 1. The summed E-state index contributed by atoms with van der Waals surface area (Å²) in [5.41, 5.74) is 3.17. The van der Waals surface area contributed by atoms with Gasteiger partial charge < -0.3 is 23.8 Å². The van der Waals surface area contributed by atoms with Crippen LogP contribution < -0.4 is 14.4 Å². The van der Waals surface area contributed by atoms with Crippen molar-refractivity contribution in [3.63, 3.8) is 0 Å². The van der Waals surface area contributed by atoms with Gasteiger partial charge >= 0.3 is 6.09 Å². The Morgan fingerprint density at radius 3 is 2.55 bits per heavy atom. The summed E-state index contributed by atoms with van der Waals surface area (Å²) in [7, 11) is 1.58. The summed E-state index contributed by atoms with van der Waals surface area (Å²) in [5, 5.41) is 2.66. The predicted molar refractivity (Wildman–Crippen MR) is 202 cm³/mol. The van der Waals surface area contributed by atoms with Crippen LogP contribution in [-0.4, -0.2) is 97.0 Å². The van der Waals surface area contributed by atoms with Gasteiger partial charge in [-0.3, -0.25) is 9.80 Å². The van der Waals surface area contributed by atoms with Gasteiger partial charge in [0.05, 0.1) is 28.8 Å². The van der Waals surface area contributed by atoms with Gasteiger partial charge in [0.25, 0.3) is 0 Å². The van der Waals surface area contributed by atoms with E-state index in [0.717, 1.165) is 70.7 Å². The lowest BCUT2D eigenvalue weighted by Crippen LogP contribution is -2.56. The first-order chi connectivity index (χ1) is 25.4. The zero-order chi connectivity index (χ0) is 37.1. The van der Waals surface area contributed by atoms with Crippen molar-refractivity contribution in [1.29, 1.82) is 0 Å². The standard InChI is InChI=1S/C42H50F2N4O5/c1-6-32-35(44)13-9-27-16-31(52-25-50-5)18-34(39(27)32)26-8-12-33-36(17-26)45-38(51-24-42-14-7-15-47(42)21-28(43)20-42)19-37(33)46-22-29-10-11-30(23-46)48(29)40(49)53-41(2,3)4/h8-9,12-13,16-19,28-30H,6-7,10-11,14-15,20-25H2,1-5H3/t28-,29?,30?,42+/m1/s1. The molecular formula is C42H50F2N4O5. The maximum Gasteiger partial charge on any atom is 0.410 e. The van der Waals surface area contributed by atoms with E-state index in [1.54, 1.807) is 13.2 Å². The molecule has 2 bridgehead atoms. The van der Waals surface area contributed by atoms with Gasteiger partial charge in [-0.1, -0.05) is 25.1 Å². The lowest BCUT2D eigenvalue weighted by Gasteiger charge is -2.42. The summed E-state index contributed by atoms with van der Waals surface area (Å²) >= 11 is 0. The minimum absolute atomic E-state index is 0.0185. The summed E-state index contributed by atoms with van der Waals surface area (Å²) < 4.78 is 53.5. The SMILES string of the molecule is CCc1c(F)ccc2cc(OCOC)cc(-c3ccc4c(N5CC6CCC(C5)N6C(=O)OC(C)(C)C)cc(OC[C@@]56CCCN5C[C@H](F)C6)nc4c3)c12. The van der Waals surface area contributed by atoms with Gasteiger partial charge in [0.1, 0.15) is 29.9 Å². The number of ether oxygens (including phenoxy) is 4. The van der Waals surface area contributed by atoms with Crippen molar-refractivity contribution in [2.75, 3.05) is 51.6 Å². The van der Waals surface area contributed by atoms with Crippen molar-refractivity contribution in [2.45, 2.75) is 95.6 Å². The zero-order valence-corrected chi connectivity index (χ0v) is 31.4. The van der Waals surface area contributed by atoms with Crippen molar-refractivity contribution in [3.05, 3.63) is 59.9 Å². The zero-order valence-electron chi connectivity index (χ0n) is 31.4. The molecule has 4 aliphatic rings. The largest absolute Gasteiger partial charge is 0.476 e. The molecule has 1 amide bonds. The summed E-state index contributed by atoms with van der Waals surface area (Å²) in [6.45, 7) is 10.8. The van der Waals surface area contributed by atoms with E-state index in [1.165, 1.54) is 6.07 Å². The highest BCUT2D eigenvalue weighted by Crippen LogP contribution is 2.43. The molecule has 2 unspecified atom stereocenters. The number of hydrogen-bond acceptors (Lipinski definition) is 8. The molecular weight excluding hydrogens is 678 g/mol. The van der Waals surface area contributed by atoms with E-state index in [4.69, 9.17) is 23.9 Å². The van der Waals surface area contributed by atoms with Crippen LogP contribution in [0.2, 0.25) is 0 Å². The quantitative estimate of drug-likeness (QED) is 0.160. The van der Waals surface area contributed by atoms with E-state index >= 15 is 4.39 Å². The number of aromatic nitrogens is 1. The maximum atomic E-state index is 15.3. The highest BCUT2D eigenvalue weighted by Gasteiger charge is 2.49. The Labute approximate surface area is 310 Å². The molecule has 1 aromatic heterocycles. The Bertz CT molecular complexity index is 2020. The average molecular weight is 729 g/mol. The van der Waals surface area contributed by atoms with Crippen LogP contribution in [0.1, 0.15) is 65.4 Å². The van der Waals surface area contributed by atoms with Gasteiger partial charge in [0, 0.05) is 44.6 Å². The number of alkyl halides is 1. The van der Waals surface area contributed by atoms with Crippen LogP contribution in [0.25, 0.3) is 32.8 Å². The number of anilines is 1. The molecule has 4 atom stereocenters. The summed E-state index contributed by atoms with van der Waals surface area (Å²) in [5.74, 6) is 0.860. The second-order valence-corrected chi connectivity index (χ2v) is 16.3. The van der Waals surface area contributed by atoms with Crippen LogP contribution in [0, 0.1) is 5.82 Å². The van der Waals surface area contributed by atoms with E-state index in [9.17, 15) is 9.18 Å². The van der Waals surface area contributed by atoms with Crippen molar-refractivity contribution >= 4 is 33.5 Å². The Balaban J connectivity index is 1.21. The predicted octanol–water partition coefficient (Wildman–Crippen LogP) is 8.28. The maximum absolute atomic E-state index is 15.3. The number of hydrogen-bond donors (Lipinski definition) is 0. The van der Waals surface area contributed by atoms with Gasteiger partial charge in [-0.05, 0) is 111 Å². The van der Waals surface area contributed by atoms with E-state index in [0.29, 0.717) is 56.3 Å². The first-order valence-corrected chi connectivity index (χ1v) is 19.1. The number of amides is 1. The van der Waals surface area contributed by atoms with Crippen molar-refractivity contribution < 1.29 is 32.5 Å². The van der Waals surface area contributed by atoms with Crippen LogP contribution in [0.3, 0.4) is 0 Å². The number of fused-ring (bicyclic) bond motifs is 5. The fourth-order valence-electron chi connectivity index (χ4n) is 9.33. The molecule has 4 fully saturated rings. The van der Waals surface area contributed by atoms with Gasteiger partial charge in [0.2, 0.25) is 5.88 Å². The third-order valence-electron chi connectivity index (χ3n) is 11.6. The first-order valence-electron chi connectivity index (χ1n) is 19.1. The summed E-state index contributed by atoms with van der Waals surface area (Å²) in [6.07, 6.45) is 3.63. The molecule has 53 heavy (non-hydrogen) atoms. The van der Waals surface area contributed by atoms with E-state index < -0.39 is 11.8 Å². The van der Waals surface area contributed by atoms with Crippen LogP contribution in [0.5, 0.6) is 11.6 Å². The number of piperazine rings is 1. The summed E-state index contributed by atoms with van der Waals surface area (Å²) in [4.78, 5) is 24.9. The van der Waals surface area contributed by atoms with Gasteiger partial charge in [-0.15, -0.1) is 0 Å². The third kappa shape index (κ3) is 6.75. The second-order valence-electron chi connectivity index (χ2n) is 16.3. The van der Waals surface area contributed by atoms with E-state index in [1.807, 2.05) is 56.9 Å². The van der Waals surface area contributed by atoms with E-state index in [2.05, 4.69) is 21.9 Å². The summed E-state index contributed by atoms with van der Waals surface area (Å²) in [6, 6.07) is 15.4. The highest BCUT2D eigenvalue weighted by molar-refractivity contribution is 6.03. The average Bonchev–Trinajstić information content (AvgIpc) is 3.74. The molecule has 8 rings (SSSR count). The van der Waals surface area contributed by atoms with Gasteiger partial charge in [-0.25, -0.2) is 18.6 Å². The number of rotatable bonds is 9. The number of carbonyl (C=O) groups is 1. The normalized spacial score (nSPS) is 24.3. The molecule has 0 radical (unpaired) electrons. The fourth-order valence-corrected chi connectivity index (χ4v) is 9.33. The fraction of sp³-hybridized carbons (Fsp3) is 0.524. The number of nitrogens with zero attached hydrogens (tertiary/aromatic N) is 4. The molecule has 0 saturated carbocycles. The van der Waals surface area contributed by atoms with Crippen molar-refractivity contribution in [3.8, 4) is 22.8 Å². The molecule has 4 aliphatic heterocycles. The molecule has 0 spiro atoms. The molecule has 0 N–H and O–H groups in total. The second kappa shape index (κ2) is 13.9. The number of halogens is 2. The van der Waals surface area contributed by atoms with Crippen LogP contribution in [0.4, 0.5) is 19.3 Å². The lowest BCUT2D eigenvalue weighted by molar-refractivity contribution is 0.0123. The number of benzene rings is 3. The molecule has 4 aromatic rings. The smallest absolute Gasteiger partial charge is 0.410 e. The lowest BCUT2D eigenvalue weighted by atomic mass is 9.92. The van der Waals surface area contributed by atoms with Crippen molar-refractivity contribution in [2.24, 2.45) is 0 Å². The number of pyridine rings is 1. The number of methoxy groups -OCH3 is 1. The Hall–Kier alpha value is -4.22. The Kier molecular flexibility index (Phi) is 9.38. The van der Waals surface area contributed by atoms with Crippen LogP contribution >= 0.6 is 0 Å². The third-order valence-corrected chi connectivity index (χ3v) is 11.6. The van der Waals surface area contributed by atoms with Crippen LogP contribution in [-0.2, 0) is 15.9 Å².